The van der Waals surface area contributed by atoms with Gasteiger partial charge in [-0.1, -0.05) is 18.2 Å². The zero-order chi connectivity index (χ0) is 22.3. The average Bonchev–Trinajstić information content (AvgIpc) is 2.64. The molecule has 30 heavy (non-hydrogen) atoms. The molecule has 0 aliphatic carbocycles. The maximum atomic E-state index is 11.5. The normalized spacial score (nSPS) is 12.5. The number of hydrogen-bond donors (Lipinski definition) is 3. The van der Waals surface area contributed by atoms with Crippen molar-refractivity contribution in [2.45, 2.75) is 16.7 Å². The molecule has 0 atom stereocenters. The molecule has 0 aliphatic rings. The van der Waals surface area contributed by atoms with Gasteiger partial charge in [-0.3, -0.25) is 9.11 Å². The number of aromatic hydroxyl groups is 1. The van der Waals surface area contributed by atoms with Crippen LogP contribution in [0, 0.1) is 6.92 Å². The smallest absolute Gasteiger partial charge is 0.298 e. The SMILES string of the molecule is COc1cc(S(=O)(=O)O)c(C)cc1N=Nc1cccc2c(O)c(S(=O)(=O)O)ccc12. The molecule has 158 valence electrons. The Labute approximate surface area is 172 Å². The molecular weight excluding hydrogens is 436 g/mol. The van der Waals surface area contributed by atoms with E-state index in [4.69, 9.17) is 4.74 Å². The van der Waals surface area contributed by atoms with E-state index < -0.39 is 30.9 Å². The largest absolute Gasteiger partial charge is 0.506 e. The molecule has 3 aromatic rings. The van der Waals surface area contributed by atoms with Crippen LogP contribution in [-0.2, 0) is 20.2 Å². The van der Waals surface area contributed by atoms with Gasteiger partial charge in [0.1, 0.15) is 27.0 Å². The topological polar surface area (TPSA) is 163 Å². The quantitative estimate of drug-likeness (QED) is 0.389. The van der Waals surface area contributed by atoms with E-state index in [1.54, 1.807) is 6.07 Å². The summed E-state index contributed by atoms with van der Waals surface area (Å²) >= 11 is 0. The third-order valence-corrected chi connectivity index (χ3v) is 6.15. The van der Waals surface area contributed by atoms with Crippen LogP contribution in [0.1, 0.15) is 5.56 Å². The molecule has 10 nitrogen and oxygen atoms in total. The molecule has 0 heterocycles. The highest BCUT2D eigenvalue weighted by Crippen LogP contribution is 2.38. The summed E-state index contributed by atoms with van der Waals surface area (Å²) in [5.74, 6) is -0.577. The molecule has 3 aromatic carbocycles. The van der Waals surface area contributed by atoms with Crippen molar-refractivity contribution in [3.63, 3.8) is 0 Å². The van der Waals surface area contributed by atoms with E-state index in [-0.39, 0.29) is 33.0 Å². The number of phenolic OH excluding ortho intramolecular Hbond substituents is 1. The highest BCUT2D eigenvalue weighted by atomic mass is 32.2. The van der Waals surface area contributed by atoms with Gasteiger partial charge < -0.3 is 9.84 Å². The third-order valence-electron chi connectivity index (χ3n) is 4.27. The van der Waals surface area contributed by atoms with E-state index in [2.05, 4.69) is 10.2 Å². The standard InChI is InChI=1S/C18H16N2O8S2/c1-10-8-14(15(28-2)9-17(10)30(25,26)27)20-19-13-5-3-4-12-11(13)6-7-16(18(12)21)29(22,23)24/h3-9,21H,1-2H3,(H,22,23,24)(H,25,26,27). The van der Waals surface area contributed by atoms with Crippen molar-refractivity contribution in [1.29, 1.82) is 0 Å². The predicted molar refractivity (Wildman–Crippen MR) is 107 cm³/mol. The van der Waals surface area contributed by atoms with E-state index in [1.807, 2.05) is 0 Å². The monoisotopic (exact) mass is 452 g/mol. The van der Waals surface area contributed by atoms with Crippen molar-refractivity contribution in [2.75, 3.05) is 7.11 Å². The zero-order valence-corrected chi connectivity index (χ0v) is 17.3. The minimum Gasteiger partial charge on any atom is -0.506 e. The van der Waals surface area contributed by atoms with Crippen LogP contribution >= 0.6 is 0 Å². The minimum atomic E-state index is -4.61. The van der Waals surface area contributed by atoms with E-state index in [0.717, 1.165) is 12.1 Å². The van der Waals surface area contributed by atoms with Gasteiger partial charge in [-0.25, -0.2) is 0 Å². The van der Waals surface area contributed by atoms with Gasteiger partial charge in [-0.05, 0) is 30.7 Å². The van der Waals surface area contributed by atoms with Crippen molar-refractivity contribution >= 4 is 42.4 Å². The molecule has 0 aliphatic heterocycles. The van der Waals surface area contributed by atoms with Gasteiger partial charge in [-0.15, -0.1) is 10.2 Å². The van der Waals surface area contributed by atoms with Crippen LogP contribution < -0.4 is 4.74 Å². The number of methoxy groups -OCH3 is 1. The van der Waals surface area contributed by atoms with Gasteiger partial charge in [0.05, 0.1) is 12.8 Å². The number of fused-ring (bicyclic) bond motifs is 1. The minimum absolute atomic E-state index is 0.0497. The van der Waals surface area contributed by atoms with Crippen LogP contribution in [0.25, 0.3) is 10.8 Å². The molecule has 0 amide bonds. The molecule has 0 fully saturated rings. The van der Waals surface area contributed by atoms with Crippen LogP contribution in [0.15, 0.2) is 62.5 Å². The first kappa shape index (κ1) is 21.6. The summed E-state index contributed by atoms with van der Waals surface area (Å²) in [6.45, 7) is 1.47. The van der Waals surface area contributed by atoms with Crippen molar-refractivity contribution < 1.29 is 35.8 Å². The van der Waals surface area contributed by atoms with Crippen molar-refractivity contribution in [3.05, 3.63) is 48.0 Å². The van der Waals surface area contributed by atoms with Gasteiger partial charge >= 0.3 is 0 Å². The number of aryl methyl sites for hydroxylation is 1. The Balaban J connectivity index is 2.13. The fraction of sp³-hybridized carbons (Fsp3) is 0.111. The Hall–Kier alpha value is -3.06. The van der Waals surface area contributed by atoms with Gasteiger partial charge in [0, 0.05) is 16.8 Å². The molecule has 0 radical (unpaired) electrons. The zero-order valence-electron chi connectivity index (χ0n) is 15.6. The first-order valence-electron chi connectivity index (χ1n) is 8.23. The molecule has 0 bridgehead atoms. The number of ether oxygens (including phenoxy) is 1. The number of rotatable bonds is 5. The second-order valence-corrected chi connectivity index (χ2v) is 9.00. The first-order valence-corrected chi connectivity index (χ1v) is 11.1. The van der Waals surface area contributed by atoms with Crippen LogP contribution in [-0.4, -0.2) is 38.2 Å². The van der Waals surface area contributed by atoms with Gasteiger partial charge in [0.15, 0.2) is 0 Å². The van der Waals surface area contributed by atoms with Gasteiger partial charge in [0.25, 0.3) is 20.2 Å². The molecule has 3 N–H and O–H groups in total. The summed E-state index contributed by atoms with van der Waals surface area (Å²) in [5.41, 5.74) is 0.669. The number of phenols is 1. The second-order valence-electron chi connectivity index (χ2n) is 6.22. The fourth-order valence-electron chi connectivity index (χ4n) is 2.88. The molecule has 0 saturated heterocycles. The fourth-order valence-corrected chi connectivity index (χ4v) is 4.20. The molecule has 0 spiro atoms. The average molecular weight is 452 g/mol. The maximum absolute atomic E-state index is 11.5. The molecule has 0 unspecified atom stereocenters. The van der Waals surface area contributed by atoms with Crippen LogP contribution in [0.3, 0.4) is 0 Å². The summed E-state index contributed by atoms with van der Waals surface area (Å²) in [7, 11) is -7.77. The number of azo groups is 1. The van der Waals surface area contributed by atoms with E-state index >= 15 is 0 Å². The number of hydrogen-bond acceptors (Lipinski definition) is 8. The Morgan fingerprint density at radius 2 is 1.47 bits per heavy atom. The lowest BCUT2D eigenvalue weighted by Gasteiger charge is -2.09. The Kier molecular flexibility index (Phi) is 5.52. The lowest BCUT2D eigenvalue weighted by molar-refractivity contribution is 0.413. The van der Waals surface area contributed by atoms with E-state index in [9.17, 15) is 31.0 Å². The van der Waals surface area contributed by atoms with Crippen molar-refractivity contribution in [2.24, 2.45) is 10.2 Å². The maximum Gasteiger partial charge on any atom is 0.298 e. The second kappa shape index (κ2) is 7.65. The molecule has 0 aromatic heterocycles. The lowest BCUT2D eigenvalue weighted by atomic mass is 10.1. The predicted octanol–water partition coefficient (Wildman–Crippen LogP) is 3.77. The van der Waals surface area contributed by atoms with Crippen molar-refractivity contribution in [3.8, 4) is 11.5 Å². The highest BCUT2D eigenvalue weighted by Gasteiger charge is 2.19. The van der Waals surface area contributed by atoms with E-state index in [0.29, 0.717) is 5.39 Å². The van der Waals surface area contributed by atoms with Crippen LogP contribution in [0.5, 0.6) is 11.5 Å². The summed E-state index contributed by atoms with van der Waals surface area (Å²) in [4.78, 5) is -0.965. The number of nitrogens with zero attached hydrogens (tertiary/aromatic N) is 2. The van der Waals surface area contributed by atoms with Crippen molar-refractivity contribution in [1.82, 2.24) is 0 Å². The summed E-state index contributed by atoms with van der Waals surface area (Å²) in [6.07, 6.45) is 0. The van der Waals surface area contributed by atoms with Crippen LogP contribution in [0.2, 0.25) is 0 Å². The van der Waals surface area contributed by atoms with Gasteiger partial charge in [0.2, 0.25) is 0 Å². The summed E-state index contributed by atoms with van der Waals surface area (Å²) in [6, 6.07) is 9.40. The first-order chi connectivity index (χ1) is 13.9. The van der Waals surface area contributed by atoms with Crippen LogP contribution in [0.4, 0.5) is 11.4 Å². The third kappa shape index (κ3) is 4.11. The molecule has 0 saturated carbocycles. The summed E-state index contributed by atoms with van der Waals surface area (Å²) in [5, 5.41) is 18.8. The Bertz CT molecular complexity index is 1400. The molecular formula is C18H16N2O8S2. The summed E-state index contributed by atoms with van der Waals surface area (Å²) < 4.78 is 69.3. The lowest BCUT2D eigenvalue weighted by Crippen LogP contribution is -2.01. The highest BCUT2D eigenvalue weighted by molar-refractivity contribution is 7.86. The van der Waals surface area contributed by atoms with E-state index in [1.165, 1.54) is 38.3 Å². The molecule has 3 rings (SSSR count). The Morgan fingerprint density at radius 1 is 0.833 bits per heavy atom. The number of benzene rings is 3. The van der Waals surface area contributed by atoms with Gasteiger partial charge in [-0.2, -0.15) is 16.8 Å². The Morgan fingerprint density at radius 3 is 2.07 bits per heavy atom. The molecule has 12 heteroatoms.